The van der Waals surface area contributed by atoms with Crippen molar-refractivity contribution in [2.75, 3.05) is 0 Å². The van der Waals surface area contributed by atoms with Crippen LogP contribution in [0.15, 0.2) is 0 Å². The van der Waals surface area contributed by atoms with Crippen LogP contribution in [0.3, 0.4) is 0 Å². The van der Waals surface area contributed by atoms with E-state index in [1.54, 1.807) is 13.8 Å². The first kappa shape index (κ1) is 24.8. The van der Waals surface area contributed by atoms with Crippen LogP contribution in [0.4, 0.5) is 0 Å². The maximum absolute atomic E-state index is 8.06. The molecule has 0 heterocycles. The Bertz CT molecular complexity index is 14.9. The van der Waals surface area contributed by atoms with Crippen molar-refractivity contribution in [2.45, 2.75) is 20.0 Å². The zero-order chi connectivity index (χ0) is 3.58. The molecule has 0 saturated heterocycles. The Balaban J connectivity index is -0.0000000150. The van der Waals surface area contributed by atoms with Gasteiger partial charge in [0.05, 0.1) is 0 Å². The monoisotopic (exact) mass is 118 g/mol. The van der Waals surface area contributed by atoms with E-state index in [4.69, 9.17) is 5.11 Å². The molecule has 4 N–H and O–H groups in total. The third kappa shape index (κ3) is 212. The van der Waals surface area contributed by atoms with Crippen LogP contribution in [0.25, 0.3) is 0 Å². The SMILES string of the molecule is CC(C)O.O.[Na+].[OH-]. The smallest absolute Gasteiger partial charge is 0.870 e. The van der Waals surface area contributed by atoms with Crippen molar-refractivity contribution in [1.82, 2.24) is 0 Å². The van der Waals surface area contributed by atoms with E-state index in [0.717, 1.165) is 0 Å². The molecule has 0 aliphatic rings. The molecule has 0 unspecified atom stereocenters. The van der Waals surface area contributed by atoms with E-state index in [9.17, 15) is 0 Å². The van der Waals surface area contributed by atoms with Crippen LogP contribution in [0, 0.1) is 0 Å². The molecule has 42 valence electrons. The second-order valence-corrected chi connectivity index (χ2v) is 1.09. The van der Waals surface area contributed by atoms with Gasteiger partial charge in [0, 0.05) is 6.10 Å². The van der Waals surface area contributed by atoms with Gasteiger partial charge in [-0.2, -0.15) is 0 Å². The van der Waals surface area contributed by atoms with Crippen LogP contribution in [-0.2, 0) is 0 Å². The average molecular weight is 118 g/mol. The van der Waals surface area contributed by atoms with Crippen molar-refractivity contribution >= 4 is 0 Å². The Hall–Kier alpha value is 0.880. The maximum atomic E-state index is 8.06. The molecule has 0 spiro atoms. The molecule has 7 heavy (non-hydrogen) atoms. The maximum Gasteiger partial charge on any atom is 1.00 e. The number of rotatable bonds is 0. The number of hydrogen-bond donors (Lipinski definition) is 1. The fourth-order valence-corrected chi connectivity index (χ4v) is 0. The first-order valence-electron chi connectivity index (χ1n) is 1.41. The van der Waals surface area contributed by atoms with Gasteiger partial charge in [-0.1, -0.05) is 0 Å². The third-order valence-corrected chi connectivity index (χ3v) is 0. The summed E-state index contributed by atoms with van der Waals surface area (Å²) >= 11 is 0. The minimum Gasteiger partial charge on any atom is -0.870 e. The summed E-state index contributed by atoms with van der Waals surface area (Å²) in [7, 11) is 0. The molecule has 0 fully saturated rings. The van der Waals surface area contributed by atoms with Crippen molar-refractivity contribution in [2.24, 2.45) is 0 Å². The van der Waals surface area contributed by atoms with Gasteiger partial charge < -0.3 is 16.1 Å². The second-order valence-electron chi connectivity index (χ2n) is 1.09. The van der Waals surface area contributed by atoms with Crippen LogP contribution in [0.2, 0.25) is 0 Å². The van der Waals surface area contributed by atoms with Gasteiger partial charge in [0.15, 0.2) is 0 Å². The van der Waals surface area contributed by atoms with Crippen LogP contribution in [0.1, 0.15) is 13.8 Å². The number of aliphatic hydroxyl groups excluding tert-OH is 1. The second kappa shape index (κ2) is 15.8. The predicted molar refractivity (Wildman–Crippen MR) is 22.9 cm³/mol. The van der Waals surface area contributed by atoms with E-state index in [2.05, 4.69) is 0 Å². The normalized spacial score (nSPS) is 5.14. The summed E-state index contributed by atoms with van der Waals surface area (Å²) in [5, 5.41) is 8.06. The van der Waals surface area contributed by atoms with Crippen molar-refractivity contribution in [3.8, 4) is 0 Å². The van der Waals surface area contributed by atoms with E-state index in [1.807, 2.05) is 0 Å². The molecule has 0 aliphatic carbocycles. The summed E-state index contributed by atoms with van der Waals surface area (Å²) < 4.78 is 0. The molecule has 0 aromatic heterocycles. The zero-order valence-corrected chi connectivity index (χ0v) is 6.97. The molecule has 0 aliphatic heterocycles. The Morgan fingerprint density at radius 1 is 1.29 bits per heavy atom. The average Bonchev–Trinajstić information content (AvgIpc) is 0.811. The summed E-state index contributed by atoms with van der Waals surface area (Å²) in [6.45, 7) is 3.44. The molecule has 0 amide bonds. The molecular formula is C3H11NaO3. The zero-order valence-electron chi connectivity index (χ0n) is 4.97. The Morgan fingerprint density at radius 2 is 1.29 bits per heavy atom. The summed E-state index contributed by atoms with van der Waals surface area (Å²) in [5.74, 6) is 0. The fraction of sp³-hybridized carbons (Fsp3) is 1.00. The number of aliphatic hydroxyl groups is 1. The molecule has 0 aromatic rings. The van der Waals surface area contributed by atoms with Gasteiger partial charge in [-0.05, 0) is 13.8 Å². The van der Waals surface area contributed by atoms with E-state index >= 15 is 0 Å². The Kier molecular flexibility index (Phi) is 55.9. The van der Waals surface area contributed by atoms with Crippen LogP contribution >= 0.6 is 0 Å². The van der Waals surface area contributed by atoms with Crippen LogP contribution in [-0.4, -0.2) is 22.2 Å². The van der Waals surface area contributed by atoms with Crippen LogP contribution < -0.4 is 29.6 Å². The van der Waals surface area contributed by atoms with Crippen molar-refractivity contribution < 1.29 is 45.6 Å². The van der Waals surface area contributed by atoms with Crippen LogP contribution in [0.5, 0.6) is 0 Å². The van der Waals surface area contributed by atoms with E-state index in [-0.39, 0.29) is 46.6 Å². The summed E-state index contributed by atoms with van der Waals surface area (Å²) in [6, 6.07) is 0. The minimum absolute atomic E-state index is 0. The molecule has 0 radical (unpaired) electrons. The van der Waals surface area contributed by atoms with Gasteiger partial charge in [-0.25, -0.2) is 0 Å². The first-order chi connectivity index (χ1) is 1.73. The third-order valence-electron chi connectivity index (χ3n) is 0. The Morgan fingerprint density at radius 3 is 1.29 bits per heavy atom. The first-order valence-corrected chi connectivity index (χ1v) is 1.41. The van der Waals surface area contributed by atoms with E-state index in [0.29, 0.717) is 0 Å². The molecule has 4 heteroatoms. The predicted octanol–water partition coefficient (Wildman–Crippen LogP) is -3.61. The summed E-state index contributed by atoms with van der Waals surface area (Å²) in [4.78, 5) is 0. The molecule has 0 saturated carbocycles. The topological polar surface area (TPSA) is 81.7 Å². The molecule has 0 aromatic carbocycles. The quantitative estimate of drug-likeness (QED) is 0.333. The van der Waals surface area contributed by atoms with E-state index < -0.39 is 0 Å². The van der Waals surface area contributed by atoms with Gasteiger partial charge >= 0.3 is 29.6 Å². The summed E-state index contributed by atoms with van der Waals surface area (Å²) in [6.07, 6.45) is -0.167. The molecular weight excluding hydrogens is 107 g/mol. The largest absolute Gasteiger partial charge is 1.00 e. The minimum atomic E-state index is -0.167. The van der Waals surface area contributed by atoms with Gasteiger partial charge in [0.25, 0.3) is 0 Å². The molecule has 3 nitrogen and oxygen atoms in total. The Labute approximate surface area is 65.6 Å². The van der Waals surface area contributed by atoms with Gasteiger partial charge in [0.2, 0.25) is 0 Å². The van der Waals surface area contributed by atoms with Crippen molar-refractivity contribution in [1.29, 1.82) is 0 Å². The fourth-order valence-electron chi connectivity index (χ4n) is 0. The summed E-state index contributed by atoms with van der Waals surface area (Å²) in [5.41, 5.74) is 0. The van der Waals surface area contributed by atoms with E-state index in [1.165, 1.54) is 0 Å². The van der Waals surface area contributed by atoms with Crippen molar-refractivity contribution in [3.63, 3.8) is 0 Å². The standard InChI is InChI=1S/C3H8O.Na.2H2O/c1-3(2)4;;;/h3-4H,1-2H3;;2*1H2/q;+1;;/p-1. The molecule has 0 bridgehead atoms. The van der Waals surface area contributed by atoms with Crippen molar-refractivity contribution in [3.05, 3.63) is 0 Å². The van der Waals surface area contributed by atoms with Gasteiger partial charge in [-0.15, -0.1) is 0 Å². The van der Waals surface area contributed by atoms with Gasteiger partial charge in [0.1, 0.15) is 0 Å². The number of hydrogen-bond acceptors (Lipinski definition) is 2. The molecule has 0 rings (SSSR count). The van der Waals surface area contributed by atoms with Gasteiger partial charge in [-0.3, -0.25) is 0 Å². The molecule has 0 atom stereocenters.